The molecule has 146 valence electrons. The van der Waals surface area contributed by atoms with E-state index in [1.807, 2.05) is 4.68 Å². The van der Waals surface area contributed by atoms with Crippen LogP contribution >= 0.6 is 0 Å². The summed E-state index contributed by atoms with van der Waals surface area (Å²) in [5.74, 6) is 0.275. The molecule has 0 spiro atoms. The Morgan fingerprint density at radius 3 is 2.85 bits per heavy atom. The van der Waals surface area contributed by atoms with Crippen LogP contribution in [-0.2, 0) is 9.53 Å². The third-order valence-electron chi connectivity index (χ3n) is 5.65. The van der Waals surface area contributed by atoms with Crippen LogP contribution in [-0.4, -0.2) is 62.9 Å². The van der Waals surface area contributed by atoms with Crippen molar-refractivity contribution in [3.8, 4) is 0 Å². The number of amides is 1. The second kappa shape index (κ2) is 7.30. The van der Waals surface area contributed by atoms with Gasteiger partial charge in [-0.2, -0.15) is 10.1 Å². The number of hydrogen-bond donors (Lipinski definition) is 2. The molecule has 0 radical (unpaired) electrons. The van der Waals surface area contributed by atoms with E-state index in [4.69, 9.17) is 4.74 Å². The molecule has 1 aliphatic heterocycles. The summed E-state index contributed by atoms with van der Waals surface area (Å²) in [6.07, 6.45) is 6.96. The summed E-state index contributed by atoms with van der Waals surface area (Å²) in [6, 6.07) is -0.205. The van der Waals surface area contributed by atoms with E-state index >= 15 is 0 Å². The number of aromatic amines is 1. The van der Waals surface area contributed by atoms with Gasteiger partial charge in [0.15, 0.2) is 5.65 Å². The first-order chi connectivity index (χ1) is 13.1. The van der Waals surface area contributed by atoms with Crippen LogP contribution in [0.3, 0.4) is 0 Å². The lowest BCUT2D eigenvalue weighted by Gasteiger charge is -2.21. The Kier molecular flexibility index (Phi) is 4.86. The second-order valence-electron chi connectivity index (χ2n) is 7.48. The van der Waals surface area contributed by atoms with E-state index in [2.05, 4.69) is 20.4 Å². The summed E-state index contributed by atoms with van der Waals surface area (Å²) in [5, 5.41) is 7.92. The highest BCUT2D eigenvalue weighted by atomic mass is 16.5. The van der Waals surface area contributed by atoms with Gasteiger partial charge < -0.3 is 15.0 Å². The first-order valence-electron chi connectivity index (χ1n) is 9.62. The van der Waals surface area contributed by atoms with Crippen LogP contribution in [0.1, 0.15) is 45.1 Å². The average Bonchev–Trinajstić information content (AvgIpc) is 3.40. The number of hydrogen-bond acceptors (Lipinski definition) is 6. The Morgan fingerprint density at radius 2 is 2.15 bits per heavy atom. The molecule has 2 atom stereocenters. The van der Waals surface area contributed by atoms with E-state index in [0.717, 1.165) is 19.3 Å². The van der Waals surface area contributed by atoms with E-state index in [1.165, 1.54) is 12.8 Å². The molecule has 1 saturated heterocycles. The van der Waals surface area contributed by atoms with Crippen LogP contribution in [0.15, 0.2) is 11.0 Å². The smallest absolute Gasteiger partial charge is 0.263 e. The van der Waals surface area contributed by atoms with Gasteiger partial charge in [-0.25, -0.2) is 4.68 Å². The predicted octanol–water partition coefficient (Wildman–Crippen LogP) is 1.28. The Hall–Kier alpha value is -2.42. The lowest BCUT2D eigenvalue weighted by Crippen LogP contribution is -2.41. The fourth-order valence-corrected chi connectivity index (χ4v) is 4.08. The van der Waals surface area contributed by atoms with Gasteiger partial charge in [0, 0.05) is 20.2 Å². The third kappa shape index (κ3) is 3.43. The summed E-state index contributed by atoms with van der Waals surface area (Å²) < 4.78 is 7.18. The highest BCUT2D eigenvalue weighted by Crippen LogP contribution is 2.30. The fourth-order valence-electron chi connectivity index (χ4n) is 4.08. The SMILES string of the molecule is COC1CCN(C(=O)[C@@H](C)Nc2nc3c(cnn3C3CCCC3)c(=O)[nH]2)C1. The minimum absolute atomic E-state index is 0.0263. The van der Waals surface area contributed by atoms with Gasteiger partial charge in [-0.05, 0) is 26.2 Å². The van der Waals surface area contributed by atoms with Crippen LogP contribution < -0.4 is 10.9 Å². The van der Waals surface area contributed by atoms with Gasteiger partial charge in [0.25, 0.3) is 5.56 Å². The van der Waals surface area contributed by atoms with Crippen LogP contribution in [0.4, 0.5) is 5.95 Å². The minimum Gasteiger partial charge on any atom is -0.380 e. The lowest BCUT2D eigenvalue weighted by atomic mass is 10.2. The van der Waals surface area contributed by atoms with Crippen LogP contribution in [0.5, 0.6) is 0 Å². The van der Waals surface area contributed by atoms with Gasteiger partial charge in [-0.1, -0.05) is 12.8 Å². The number of carbonyl (C=O) groups excluding carboxylic acids is 1. The molecule has 1 unspecified atom stereocenters. The second-order valence-corrected chi connectivity index (χ2v) is 7.48. The highest BCUT2D eigenvalue weighted by molar-refractivity contribution is 5.84. The number of rotatable bonds is 5. The van der Waals surface area contributed by atoms with Crippen molar-refractivity contribution in [1.82, 2.24) is 24.6 Å². The molecule has 2 aliphatic rings. The van der Waals surface area contributed by atoms with Crippen LogP contribution in [0.25, 0.3) is 11.0 Å². The van der Waals surface area contributed by atoms with Crippen molar-refractivity contribution in [1.29, 1.82) is 0 Å². The van der Waals surface area contributed by atoms with Gasteiger partial charge in [0.05, 0.1) is 18.3 Å². The zero-order chi connectivity index (χ0) is 19.0. The van der Waals surface area contributed by atoms with Gasteiger partial charge >= 0.3 is 0 Å². The fraction of sp³-hybridized carbons (Fsp3) is 0.667. The standard InChI is InChI=1S/C18H26N6O3/c1-11(17(26)23-8-7-13(10-23)27-2)20-18-21-15-14(16(25)22-18)9-19-24(15)12-5-3-4-6-12/h9,11-13H,3-8,10H2,1-2H3,(H2,20,21,22,25)/t11-,13?/m1/s1. The molecule has 2 aromatic heterocycles. The van der Waals surface area contributed by atoms with E-state index in [1.54, 1.807) is 25.1 Å². The molecule has 27 heavy (non-hydrogen) atoms. The predicted molar refractivity (Wildman–Crippen MR) is 101 cm³/mol. The third-order valence-corrected chi connectivity index (χ3v) is 5.65. The number of aromatic nitrogens is 4. The number of methoxy groups -OCH3 is 1. The zero-order valence-corrected chi connectivity index (χ0v) is 15.8. The van der Waals surface area contributed by atoms with Crippen molar-refractivity contribution in [2.24, 2.45) is 0 Å². The summed E-state index contributed by atoms with van der Waals surface area (Å²) >= 11 is 0. The minimum atomic E-state index is -0.496. The molecule has 0 bridgehead atoms. The Labute approximate surface area is 157 Å². The molecular weight excluding hydrogens is 348 g/mol. The Bertz CT molecular complexity index is 885. The Balaban J connectivity index is 1.54. The number of nitrogens with zero attached hydrogens (tertiary/aromatic N) is 4. The molecule has 4 rings (SSSR count). The Morgan fingerprint density at radius 1 is 1.37 bits per heavy atom. The van der Waals surface area contributed by atoms with E-state index < -0.39 is 6.04 Å². The van der Waals surface area contributed by atoms with Crippen molar-refractivity contribution < 1.29 is 9.53 Å². The molecule has 9 nitrogen and oxygen atoms in total. The largest absolute Gasteiger partial charge is 0.380 e. The summed E-state index contributed by atoms with van der Waals surface area (Å²) in [6.45, 7) is 3.06. The van der Waals surface area contributed by atoms with Crippen molar-refractivity contribution in [3.63, 3.8) is 0 Å². The van der Waals surface area contributed by atoms with Gasteiger partial charge in [0.1, 0.15) is 11.4 Å². The van der Waals surface area contributed by atoms with E-state index in [9.17, 15) is 9.59 Å². The number of H-pyrrole nitrogens is 1. The molecule has 1 saturated carbocycles. The molecule has 0 aromatic carbocycles. The highest BCUT2D eigenvalue weighted by Gasteiger charge is 2.29. The number of carbonyl (C=O) groups is 1. The van der Waals surface area contributed by atoms with Gasteiger partial charge in [-0.3, -0.25) is 14.6 Å². The maximum Gasteiger partial charge on any atom is 0.263 e. The van der Waals surface area contributed by atoms with Crippen LogP contribution in [0, 0.1) is 0 Å². The molecule has 2 aromatic rings. The van der Waals surface area contributed by atoms with Crippen molar-refractivity contribution in [2.45, 2.75) is 57.2 Å². The molecule has 2 N–H and O–H groups in total. The van der Waals surface area contributed by atoms with Crippen LogP contribution in [0.2, 0.25) is 0 Å². The molecule has 1 amide bonds. The molecular formula is C18H26N6O3. The van der Waals surface area contributed by atoms with Gasteiger partial charge in [0.2, 0.25) is 11.9 Å². The molecule has 1 aliphatic carbocycles. The number of ether oxygens (including phenoxy) is 1. The summed E-state index contributed by atoms with van der Waals surface area (Å²) in [5.41, 5.74) is 0.334. The monoisotopic (exact) mass is 374 g/mol. The maximum absolute atomic E-state index is 12.7. The van der Waals surface area contributed by atoms with E-state index in [0.29, 0.717) is 36.1 Å². The average molecular weight is 374 g/mol. The van der Waals surface area contributed by atoms with E-state index in [-0.39, 0.29) is 17.6 Å². The number of anilines is 1. The normalized spacial score (nSPS) is 21.9. The summed E-state index contributed by atoms with van der Waals surface area (Å²) in [7, 11) is 1.66. The first-order valence-corrected chi connectivity index (χ1v) is 9.62. The van der Waals surface area contributed by atoms with Crippen molar-refractivity contribution in [2.75, 3.05) is 25.5 Å². The molecule has 3 heterocycles. The number of likely N-dealkylation sites (tertiary alicyclic amines) is 1. The maximum atomic E-state index is 12.7. The zero-order valence-electron chi connectivity index (χ0n) is 15.8. The topological polar surface area (TPSA) is 105 Å². The van der Waals surface area contributed by atoms with Gasteiger partial charge in [-0.15, -0.1) is 0 Å². The lowest BCUT2D eigenvalue weighted by molar-refractivity contribution is -0.131. The quantitative estimate of drug-likeness (QED) is 0.817. The number of nitrogens with one attached hydrogen (secondary N) is 2. The molecule has 9 heteroatoms. The molecule has 2 fully saturated rings. The summed E-state index contributed by atoms with van der Waals surface area (Å²) in [4.78, 5) is 34.1. The van der Waals surface area contributed by atoms with Crippen molar-refractivity contribution >= 4 is 22.9 Å². The number of fused-ring (bicyclic) bond motifs is 1. The van der Waals surface area contributed by atoms with Crippen molar-refractivity contribution in [3.05, 3.63) is 16.6 Å². The first kappa shape index (κ1) is 18.0.